The molecule has 0 aliphatic rings. The molecule has 2 atom stereocenters. The van der Waals surface area contributed by atoms with Gasteiger partial charge in [0.1, 0.15) is 5.78 Å². The zero-order chi connectivity index (χ0) is 17.7. The van der Waals surface area contributed by atoms with Gasteiger partial charge in [0.15, 0.2) is 5.76 Å². The van der Waals surface area contributed by atoms with Gasteiger partial charge in [0, 0.05) is 5.92 Å². The standard InChI is InChI=1S/C21H24O3/c1-5-17(16-10-7-6-8-11-16)19(14(2)3)20(15(4)22)21(23)18-12-9-13-24-18/h5-14,19-20H,1-4H3/b17-5+. The molecule has 0 bridgehead atoms. The highest BCUT2D eigenvalue weighted by Gasteiger charge is 2.38. The Morgan fingerprint density at radius 3 is 2.17 bits per heavy atom. The second-order valence-corrected chi connectivity index (χ2v) is 6.31. The van der Waals surface area contributed by atoms with Crippen LogP contribution in [-0.4, -0.2) is 11.6 Å². The summed E-state index contributed by atoms with van der Waals surface area (Å²) in [6.07, 6.45) is 3.47. The van der Waals surface area contributed by atoms with Crippen LogP contribution in [0.1, 0.15) is 43.8 Å². The van der Waals surface area contributed by atoms with Gasteiger partial charge >= 0.3 is 0 Å². The van der Waals surface area contributed by atoms with Crippen molar-refractivity contribution in [2.45, 2.75) is 27.7 Å². The molecule has 0 fully saturated rings. The first-order chi connectivity index (χ1) is 11.5. The molecule has 0 aliphatic carbocycles. The molecule has 3 nitrogen and oxygen atoms in total. The topological polar surface area (TPSA) is 47.3 Å². The lowest BCUT2D eigenvalue weighted by Crippen LogP contribution is -2.34. The molecule has 0 saturated carbocycles. The van der Waals surface area contributed by atoms with Gasteiger partial charge in [-0.2, -0.15) is 0 Å². The summed E-state index contributed by atoms with van der Waals surface area (Å²) in [6.45, 7) is 7.52. The van der Waals surface area contributed by atoms with Crippen molar-refractivity contribution in [3.63, 3.8) is 0 Å². The maximum atomic E-state index is 12.9. The minimum atomic E-state index is -0.748. The van der Waals surface area contributed by atoms with Crippen LogP contribution in [-0.2, 0) is 4.79 Å². The van der Waals surface area contributed by atoms with Crippen LogP contribution in [0.25, 0.3) is 5.57 Å². The van der Waals surface area contributed by atoms with E-state index in [1.165, 1.54) is 13.2 Å². The molecular formula is C21H24O3. The Bertz CT molecular complexity index is 709. The Morgan fingerprint density at radius 2 is 1.71 bits per heavy atom. The van der Waals surface area contributed by atoms with Crippen molar-refractivity contribution in [2.75, 3.05) is 0 Å². The van der Waals surface area contributed by atoms with Gasteiger partial charge in [-0.05, 0) is 43.0 Å². The Hall–Kier alpha value is -2.42. The number of hydrogen-bond donors (Lipinski definition) is 0. The van der Waals surface area contributed by atoms with E-state index in [0.29, 0.717) is 0 Å². The third-order valence-electron chi connectivity index (χ3n) is 4.34. The number of allylic oxidation sites excluding steroid dienone is 2. The van der Waals surface area contributed by atoms with E-state index < -0.39 is 5.92 Å². The van der Waals surface area contributed by atoms with Crippen LogP contribution in [0.15, 0.2) is 59.2 Å². The highest BCUT2D eigenvalue weighted by molar-refractivity contribution is 6.10. The van der Waals surface area contributed by atoms with E-state index in [0.717, 1.165) is 11.1 Å². The average Bonchev–Trinajstić information content (AvgIpc) is 3.09. The molecule has 1 aromatic carbocycles. The summed E-state index contributed by atoms with van der Waals surface area (Å²) in [4.78, 5) is 25.3. The summed E-state index contributed by atoms with van der Waals surface area (Å²) in [6, 6.07) is 13.2. The van der Waals surface area contributed by atoms with E-state index in [-0.39, 0.29) is 29.2 Å². The molecule has 1 heterocycles. The third kappa shape index (κ3) is 3.73. The van der Waals surface area contributed by atoms with Crippen molar-refractivity contribution in [2.24, 2.45) is 17.8 Å². The Morgan fingerprint density at radius 1 is 1.04 bits per heavy atom. The van der Waals surface area contributed by atoms with Crippen molar-refractivity contribution in [3.8, 4) is 0 Å². The summed E-state index contributed by atoms with van der Waals surface area (Å²) in [5, 5.41) is 0. The monoisotopic (exact) mass is 324 g/mol. The molecule has 0 saturated heterocycles. The summed E-state index contributed by atoms with van der Waals surface area (Å²) in [7, 11) is 0. The number of furan rings is 1. The lowest BCUT2D eigenvalue weighted by Gasteiger charge is -2.30. The van der Waals surface area contributed by atoms with E-state index >= 15 is 0 Å². The zero-order valence-corrected chi connectivity index (χ0v) is 14.7. The van der Waals surface area contributed by atoms with Gasteiger partial charge in [0.05, 0.1) is 12.2 Å². The van der Waals surface area contributed by atoms with Crippen LogP contribution in [0.5, 0.6) is 0 Å². The van der Waals surface area contributed by atoms with Gasteiger partial charge in [-0.3, -0.25) is 9.59 Å². The Labute approximate surface area is 143 Å². The summed E-state index contributed by atoms with van der Waals surface area (Å²) in [5.74, 6) is -0.962. The molecule has 2 unspecified atom stereocenters. The van der Waals surface area contributed by atoms with Crippen LogP contribution in [0.2, 0.25) is 0 Å². The minimum absolute atomic E-state index is 0.129. The highest BCUT2D eigenvalue weighted by Crippen LogP contribution is 2.37. The van der Waals surface area contributed by atoms with Crippen LogP contribution >= 0.6 is 0 Å². The number of benzene rings is 1. The maximum Gasteiger partial charge on any atom is 0.209 e. The highest BCUT2D eigenvalue weighted by atomic mass is 16.3. The lowest BCUT2D eigenvalue weighted by molar-refractivity contribution is -0.120. The lowest BCUT2D eigenvalue weighted by atomic mass is 9.72. The largest absolute Gasteiger partial charge is 0.461 e. The van der Waals surface area contributed by atoms with Crippen LogP contribution in [0.3, 0.4) is 0 Å². The van der Waals surface area contributed by atoms with Crippen molar-refractivity contribution < 1.29 is 14.0 Å². The average molecular weight is 324 g/mol. The molecule has 3 heteroatoms. The molecule has 2 rings (SSSR count). The van der Waals surface area contributed by atoms with E-state index in [2.05, 4.69) is 0 Å². The number of ketones is 2. The first-order valence-electron chi connectivity index (χ1n) is 8.27. The zero-order valence-electron chi connectivity index (χ0n) is 14.7. The molecule has 126 valence electrons. The van der Waals surface area contributed by atoms with E-state index in [1.54, 1.807) is 12.1 Å². The first-order valence-corrected chi connectivity index (χ1v) is 8.27. The smallest absolute Gasteiger partial charge is 0.209 e. The third-order valence-corrected chi connectivity index (χ3v) is 4.34. The number of carbonyl (C=O) groups is 2. The van der Waals surface area contributed by atoms with Crippen LogP contribution in [0, 0.1) is 17.8 Å². The van der Waals surface area contributed by atoms with Gasteiger partial charge in [-0.1, -0.05) is 50.3 Å². The summed E-state index contributed by atoms with van der Waals surface area (Å²) in [5.41, 5.74) is 2.06. The first kappa shape index (κ1) is 17.9. The van der Waals surface area contributed by atoms with Crippen molar-refractivity contribution in [3.05, 3.63) is 66.1 Å². The van der Waals surface area contributed by atoms with Crippen molar-refractivity contribution in [1.82, 2.24) is 0 Å². The molecule has 24 heavy (non-hydrogen) atoms. The quantitative estimate of drug-likeness (QED) is 0.529. The SMILES string of the molecule is C/C=C(\c1ccccc1)C(C(C)C)C(C(C)=O)C(=O)c1ccco1. The molecule has 2 aromatic rings. The molecule has 0 amide bonds. The van der Waals surface area contributed by atoms with E-state index in [1.807, 2.05) is 57.2 Å². The predicted molar refractivity (Wildman–Crippen MR) is 95.6 cm³/mol. The molecule has 0 radical (unpaired) electrons. The normalized spacial score (nSPS) is 14.5. The Balaban J connectivity index is 2.50. The summed E-state index contributed by atoms with van der Waals surface area (Å²) < 4.78 is 5.25. The van der Waals surface area contributed by atoms with Gasteiger partial charge in [-0.15, -0.1) is 0 Å². The second kappa shape index (κ2) is 7.91. The fourth-order valence-corrected chi connectivity index (χ4v) is 3.28. The number of carbonyl (C=O) groups excluding carboxylic acids is 2. The van der Waals surface area contributed by atoms with Gasteiger partial charge in [0.25, 0.3) is 0 Å². The van der Waals surface area contributed by atoms with Crippen molar-refractivity contribution in [1.29, 1.82) is 0 Å². The maximum absolute atomic E-state index is 12.9. The predicted octanol–water partition coefficient (Wildman–Crippen LogP) is 5.04. The van der Waals surface area contributed by atoms with E-state index in [9.17, 15) is 9.59 Å². The molecule has 1 aromatic heterocycles. The van der Waals surface area contributed by atoms with Crippen molar-refractivity contribution >= 4 is 17.1 Å². The fraction of sp³-hybridized carbons (Fsp3) is 0.333. The fourth-order valence-electron chi connectivity index (χ4n) is 3.28. The molecule has 0 aliphatic heterocycles. The van der Waals surface area contributed by atoms with Gasteiger partial charge < -0.3 is 4.42 Å². The van der Waals surface area contributed by atoms with E-state index in [4.69, 9.17) is 4.42 Å². The van der Waals surface area contributed by atoms with Crippen LogP contribution < -0.4 is 0 Å². The Kier molecular flexibility index (Phi) is 5.91. The molecule has 0 N–H and O–H groups in total. The number of hydrogen-bond acceptors (Lipinski definition) is 3. The van der Waals surface area contributed by atoms with Crippen LogP contribution in [0.4, 0.5) is 0 Å². The number of rotatable bonds is 7. The van der Waals surface area contributed by atoms with Gasteiger partial charge in [0.2, 0.25) is 5.78 Å². The summed E-state index contributed by atoms with van der Waals surface area (Å²) >= 11 is 0. The second-order valence-electron chi connectivity index (χ2n) is 6.31. The molecular weight excluding hydrogens is 300 g/mol. The van der Waals surface area contributed by atoms with Gasteiger partial charge in [-0.25, -0.2) is 0 Å². The minimum Gasteiger partial charge on any atom is -0.461 e. The number of Topliss-reactive ketones (excluding diaryl/α,β-unsaturated/α-hetero) is 2. The molecule has 0 spiro atoms.